The second kappa shape index (κ2) is 7.62. The fraction of sp³-hybridized carbons (Fsp3) is 0.263. The van der Waals surface area contributed by atoms with Gasteiger partial charge in [-0.15, -0.1) is 0 Å². The van der Waals surface area contributed by atoms with Crippen LogP contribution in [0.25, 0.3) is 5.69 Å². The summed E-state index contributed by atoms with van der Waals surface area (Å²) >= 11 is 0. The van der Waals surface area contributed by atoms with Crippen molar-refractivity contribution in [2.75, 3.05) is 25.5 Å². The molecule has 3 aromatic rings. The molecule has 1 fully saturated rings. The van der Waals surface area contributed by atoms with Gasteiger partial charge in [-0.1, -0.05) is 6.07 Å². The van der Waals surface area contributed by atoms with Gasteiger partial charge in [0.05, 0.1) is 24.3 Å². The number of rotatable bonds is 5. The number of likely N-dealkylation sites (tertiary alicyclic amines) is 1. The van der Waals surface area contributed by atoms with Crippen LogP contribution in [0.2, 0.25) is 0 Å². The lowest BCUT2D eigenvalue weighted by atomic mass is 10.2. The lowest BCUT2D eigenvalue weighted by Crippen LogP contribution is -2.27. The minimum atomic E-state index is -0.994. The number of halogens is 1. The van der Waals surface area contributed by atoms with Crippen LogP contribution in [-0.4, -0.2) is 56.8 Å². The van der Waals surface area contributed by atoms with E-state index in [9.17, 15) is 4.39 Å². The average molecular weight is 379 g/mol. The summed E-state index contributed by atoms with van der Waals surface area (Å²) in [4.78, 5) is 14.3. The molecule has 142 valence electrons. The standard InChI is InChI=1S/C19H18FN7O/c1-26-9-16(20)17(10-26)28-15-4-2-3-14(5-15)27-11-19(24-12-27)25-18-8-22-13(6-21)7-23-18/h2-5,7-8,11-12,16-17H,9-10H2,1H3,(H,23,25). The zero-order valence-electron chi connectivity index (χ0n) is 15.2. The van der Waals surface area contributed by atoms with E-state index in [-0.39, 0.29) is 5.69 Å². The highest BCUT2D eigenvalue weighted by atomic mass is 19.1. The van der Waals surface area contributed by atoms with Crippen molar-refractivity contribution in [2.45, 2.75) is 12.3 Å². The lowest BCUT2D eigenvalue weighted by molar-refractivity contribution is 0.139. The summed E-state index contributed by atoms with van der Waals surface area (Å²) in [6, 6.07) is 9.35. The molecule has 2 aromatic heterocycles. The predicted molar refractivity (Wildman–Crippen MR) is 100 cm³/mol. The number of hydrogen-bond donors (Lipinski definition) is 1. The van der Waals surface area contributed by atoms with Crippen LogP contribution in [0.4, 0.5) is 16.0 Å². The van der Waals surface area contributed by atoms with Crippen molar-refractivity contribution in [2.24, 2.45) is 0 Å². The Labute approximate surface area is 161 Å². The second-order valence-electron chi connectivity index (χ2n) is 6.58. The number of hydrogen-bond acceptors (Lipinski definition) is 7. The van der Waals surface area contributed by atoms with Gasteiger partial charge in [0.2, 0.25) is 0 Å². The Morgan fingerprint density at radius 1 is 1.21 bits per heavy atom. The molecule has 1 N–H and O–H groups in total. The summed E-state index contributed by atoms with van der Waals surface area (Å²) in [6.45, 7) is 0.954. The van der Waals surface area contributed by atoms with Crippen LogP contribution < -0.4 is 10.1 Å². The molecule has 0 aliphatic carbocycles. The number of likely N-dealkylation sites (N-methyl/N-ethyl adjacent to an activating group) is 1. The van der Waals surface area contributed by atoms with Gasteiger partial charge in [0, 0.05) is 19.2 Å². The van der Waals surface area contributed by atoms with Gasteiger partial charge in [0.25, 0.3) is 0 Å². The van der Waals surface area contributed by atoms with E-state index < -0.39 is 12.3 Å². The lowest BCUT2D eigenvalue weighted by Gasteiger charge is -2.16. The van der Waals surface area contributed by atoms with Crippen molar-refractivity contribution < 1.29 is 9.13 Å². The molecule has 28 heavy (non-hydrogen) atoms. The van der Waals surface area contributed by atoms with Gasteiger partial charge >= 0.3 is 0 Å². The molecule has 0 radical (unpaired) electrons. The molecule has 1 aliphatic heterocycles. The summed E-state index contributed by atoms with van der Waals surface area (Å²) in [7, 11) is 1.88. The minimum absolute atomic E-state index is 0.247. The smallest absolute Gasteiger partial charge is 0.158 e. The fourth-order valence-electron chi connectivity index (χ4n) is 3.02. The van der Waals surface area contributed by atoms with Crippen molar-refractivity contribution in [3.8, 4) is 17.5 Å². The van der Waals surface area contributed by atoms with Crippen LogP contribution in [-0.2, 0) is 0 Å². The minimum Gasteiger partial charge on any atom is -0.486 e. The molecule has 0 saturated carbocycles. The molecular weight excluding hydrogens is 361 g/mol. The van der Waals surface area contributed by atoms with E-state index >= 15 is 0 Å². The summed E-state index contributed by atoms with van der Waals surface area (Å²) in [5.74, 6) is 1.67. The van der Waals surface area contributed by atoms with Gasteiger partial charge in [-0.05, 0) is 19.2 Å². The summed E-state index contributed by atoms with van der Waals surface area (Å²) in [5.41, 5.74) is 1.09. The molecule has 4 rings (SSSR count). The number of benzene rings is 1. The Hall–Kier alpha value is -3.51. The molecule has 2 unspecified atom stereocenters. The molecule has 1 saturated heterocycles. The third-order valence-electron chi connectivity index (χ3n) is 4.39. The first-order valence-electron chi connectivity index (χ1n) is 8.73. The molecular formula is C19H18FN7O. The zero-order valence-corrected chi connectivity index (χ0v) is 15.2. The van der Waals surface area contributed by atoms with Crippen molar-refractivity contribution in [1.82, 2.24) is 24.4 Å². The maximum atomic E-state index is 14.0. The van der Waals surface area contributed by atoms with E-state index in [1.165, 1.54) is 12.4 Å². The summed E-state index contributed by atoms with van der Waals surface area (Å²) < 4.78 is 21.6. The molecule has 0 amide bonds. The topological polar surface area (TPSA) is 91.9 Å². The maximum Gasteiger partial charge on any atom is 0.158 e. The van der Waals surface area contributed by atoms with Gasteiger partial charge in [0.15, 0.2) is 11.9 Å². The molecule has 1 aromatic carbocycles. The molecule has 1 aliphatic rings. The number of nitrogens with zero attached hydrogens (tertiary/aromatic N) is 6. The fourth-order valence-corrected chi connectivity index (χ4v) is 3.02. The quantitative estimate of drug-likeness (QED) is 0.727. The Morgan fingerprint density at radius 3 is 2.82 bits per heavy atom. The van der Waals surface area contributed by atoms with Crippen molar-refractivity contribution in [1.29, 1.82) is 5.26 Å². The third-order valence-corrected chi connectivity index (χ3v) is 4.39. The number of nitriles is 1. The number of aromatic nitrogens is 4. The highest BCUT2D eigenvalue weighted by Gasteiger charge is 2.32. The molecule has 8 nitrogen and oxygen atoms in total. The predicted octanol–water partition coefficient (Wildman–Crippen LogP) is 2.31. The van der Waals surface area contributed by atoms with Crippen LogP contribution in [0.3, 0.4) is 0 Å². The molecule has 3 heterocycles. The van der Waals surface area contributed by atoms with Crippen LogP contribution in [0, 0.1) is 11.3 Å². The van der Waals surface area contributed by atoms with Gasteiger partial charge in [-0.3, -0.25) is 4.90 Å². The molecule has 0 bridgehead atoms. The number of imidazole rings is 1. The Kier molecular flexibility index (Phi) is 4.87. The van der Waals surface area contributed by atoms with Crippen molar-refractivity contribution in [3.05, 3.63) is 54.9 Å². The Morgan fingerprint density at radius 2 is 2.11 bits per heavy atom. The van der Waals surface area contributed by atoms with Crippen LogP contribution in [0.1, 0.15) is 5.69 Å². The Balaban J connectivity index is 1.46. The first-order valence-corrected chi connectivity index (χ1v) is 8.73. The number of ether oxygens (including phenoxy) is 1. The van der Waals surface area contributed by atoms with E-state index in [0.29, 0.717) is 30.5 Å². The van der Waals surface area contributed by atoms with E-state index in [2.05, 4.69) is 20.3 Å². The summed E-state index contributed by atoms with van der Waals surface area (Å²) in [6.07, 6.45) is 4.85. The normalized spacial score (nSPS) is 19.3. The molecule has 9 heteroatoms. The van der Waals surface area contributed by atoms with E-state index in [1.807, 2.05) is 46.8 Å². The van der Waals surface area contributed by atoms with E-state index in [0.717, 1.165) is 5.69 Å². The zero-order chi connectivity index (χ0) is 19.5. The first kappa shape index (κ1) is 17.9. The van der Waals surface area contributed by atoms with Gasteiger partial charge in [0.1, 0.15) is 35.9 Å². The van der Waals surface area contributed by atoms with Crippen molar-refractivity contribution >= 4 is 11.6 Å². The average Bonchev–Trinajstić information content (AvgIpc) is 3.29. The largest absolute Gasteiger partial charge is 0.486 e. The number of alkyl halides is 1. The summed E-state index contributed by atoms with van der Waals surface area (Å²) in [5, 5.41) is 11.8. The van der Waals surface area contributed by atoms with Gasteiger partial charge in [-0.2, -0.15) is 5.26 Å². The van der Waals surface area contributed by atoms with E-state index in [4.69, 9.17) is 10.00 Å². The maximum absolute atomic E-state index is 14.0. The van der Waals surface area contributed by atoms with Gasteiger partial charge in [-0.25, -0.2) is 19.3 Å². The Bertz CT molecular complexity index is 998. The van der Waals surface area contributed by atoms with Crippen LogP contribution in [0.5, 0.6) is 5.75 Å². The first-order chi connectivity index (χ1) is 13.6. The van der Waals surface area contributed by atoms with Crippen LogP contribution in [0.15, 0.2) is 49.2 Å². The number of nitrogens with one attached hydrogen (secondary N) is 1. The van der Waals surface area contributed by atoms with Crippen LogP contribution >= 0.6 is 0 Å². The SMILES string of the molecule is CN1CC(F)C(Oc2cccc(-n3cnc(Nc4cnc(C#N)cn4)c3)c2)C1. The highest BCUT2D eigenvalue weighted by Crippen LogP contribution is 2.23. The molecule has 0 spiro atoms. The van der Waals surface area contributed by atoms with Crippen molar-refractivity contribution in [3.63, 3.8) is 0 Å². The highest BCUT2D eigenvalue weighted by molar-refractivity contribution is 5.51. The third kappa shape index (κ3) is 3.92. The molecule has 2 atom stereocenters. The number of anilines is 2. The monoisotopic (exact) mass is 379 g/mol. The van der Waals surface area contributed by atoms with Gasteiger partial charge < -0.3 is 14.6 Å². The second-order valence-corrected chi connectivity index (χ2v) is 6.58. The van der Waals surface area contributed by atoms with E-state index in [1.54, 1.807) is 12.5 Å².